The Bertz CT molecular complexity index is 380. The summed E-state index contributed by atoms with van der Waals surface area (Å²) in [5.74, 6) is 0. The van der Waals surface area contributed by atoms with Crippen LogP contribution in [0.4, 0.5) is 0 Å². The summed E-state index contributed by atoms with van der Waals surface area (Å²) >= 11 is 0. The van der Waals surface area contributed by atoms with Crippen LogP contribution in [-0.2, 0) is 14.2 Å². The van der Waals surface area contributed by atoms with Crippen LogP contribution >= 0.6 is 0 Å². The van der Waals surface area contributed by atoms with E-state index in [-0.39, 0.29) is 0 Å². The molecule has 0 aliphatic carbocycles. The Balaban J connectivity index is 2.08. The molecule has 2 fully saturated rings. The first kappa shape index (κ1) is 18.9. The number of rotatable bonds is 4. The van der Waals surface area contributed by atoms with E-state index in [1.807, 2.05) is 0 Å². The molecular weight excluding hydrogens is 320 g/mol. The van der Waals surface area contributed by atoms with Gasteiger partial charge in [-0.1, -0.05) is 0 Å². The Labute approximate surface area is 130 Å². The SMILES string of the molecule is OC[C@H]1O[C@H](O[C@H]2[C@@H](O)[C@H](O)[C@@H](CO)O[C@@H]2O)[C@H](O)[C@@H](O)[C@@H]1O. The summed E-state index contributed by atoms with van der Waals surface area (Å²) in [6.45, 7) is -1.33. The molecule has 0 aromatic heterocycles. The van der Waals surface area contributed by atoms with Gasteiger partial charge in [0.15, 0.2) is 12.6 Å². The van der Waals surface area contributed by atoms with Crippen molar-refractivity contribution in [2.24, 2.45) is 0 Å². The first-order valence-corrected chi connectivity index (χ1v) is 7.08. The van der Waals surface area contributed by atoms with Crippen molar-refractivity contribution in [2.75, 3.05) is 13.2 Å². The monoisotopic (exact) mass is 342 g/mol. The molecule has 23 heavy (non-hydrogen) atoms. The summed E-state index contributed by atoms with van der Waals surface area (Å²) in [6, 6.07) is 0. The highest BCUT2D eigenvalue weighted by molar-refractivity contribution is 4.93. The van der Waals surface area contributed by atoms with Crippen molar-refractivity contribution in [2.45, 2.75) is 61.4 Å². The number of aliphatic hydroxyl groups is 8. The standard InChI is InChI=1S/C12H22O11/c13-1-3-6(16)8(18)10(11(20)21-3)23-12-9(19)7(17)5(15)4(2-14)22-12/h3-20H,1-2H2/t3-,4-,5-,6-,7+,8+,9-,10+,11+,12-/m1/s1. The van der Waals surface area contributed by atoms with Gasteiger partial charge >= 0.3 is 0 Å². The topological polar surface area (TPSA) is 190 Å². The molecule has 2 aliphatic rings. The van der Waals surface area contributed by atoms with E-state index in [0.717, 1.165) is 0 Å². The highest BCUT2D eigenvalue weighted by Gasteiger charge is 2.50. The molecule has 0 amide bonds. The van der Waals surface area contributed by atoms with Gasteiger partial charge in [-0.3, -0.25) is 0 Å². The predicted molar refractivity (Wildman–Crippen MR) is 68.6 cm³/mol. The smallest absolute Gasteiger partial charge is 0.187 e. The molecule has 0 saturated carbocycles. The molecule has 0 radical (unpaired) electrons. The van der Waals surface area contributed by atoms with E-state index in [0.29, 0.717) is 0 Å². The molecule has 0 spiro atoms. The maximum atomic E-state index is 9.94. The first-order valence-electron chi connectivity index (χ1n) is 7.08. The lowest BCUT2D eigenvalue weighted by molar-refractivity contribution is -0.361. The second-order valence-electron chi connectivity index (χ2n) is 5.53. The fourth-order valence-electron chi connectivity index (χ4n) is 2.55. The zero-order valence-electron chi connectivity index (χ0n) is 12.0. The molecule has 0 bridgehead atoms. The minimum atomic E-state index is -1.75. The maximum Gasteiger partial charge on any atom is 0.187 e. The quantitative estimate of drug-likeness (QED) is 0.243. The Morgan fingerprint density at radius 2 is 1.17 bits per heavy atom. The molecule has 0 aromatic rings. The minimum Gasteiger partial charge on any atom is -0.394 e. The fraction of sp³-hybridized carbons (Fsp3) is 1.00. The average molecular weight is 342 g/mol. The van der Waals surface area contributed by atoms with Crippen LogP contribution in [-0.4, -0.2) is 115 Å². The lowest BCUT2D eigenvalue weighted by Crippen LogP contribution is -2.64. The molecule has 2 rings (SSSR count). The van der Waals surface area contributed by atoms with Gasteiger partial charge in [-0.05, 0) is 0 Å². The molecule has 11 nitrogen and oxygen atoms in total. The van der Waals surface area contributed by atoms with E-state index in [2.05, 4.69) is 0 Å². The van der Waals surface area contributed by atoms with Crippen LogP contribution in [0.5, 0.6) is 0 Å². The van der Waals surface area contributed by atoms with Gasteiger partial charge < -0.3 is 55.1 Å². The third kappa shape index (κ3) is 3.65. The van der Waals surface area contributed by atoms with Gasteiger partial charge in [0.25, 0.3) is 0 Å². The summed E-state index contributed by atoms with van der Waals surface area (Å²) in [4.78, 5) is 0. The summed E-state index contributed by atoms with van der Waals surface area (Å²) in [5.41, 5.74) is 0. The van der Waals surface area contributed by atoms with Crippen molar-refractivity contribution in [3.63, 3.8) is 0 Å². The maximum absolute atomic E-state index is 9.94. The number of hydrogen-bond acceptors (Lipinski definition) is 11. The van der Waals surface area contributed by atoms with E-state index in [1.54, 1.807) is 0 Å². The van der Waals surface area contributed by atoms with Crippen molar-refractivity contribution in [1.82, 2.24) is 0 Å². The number of aliphatic hydroxyl groups excluding tert-OH is 8. The first-order chi connectivity index (χ1) is 10.8. The van der Waals surface area contributed by atoms with Gasteiger partial charge in [-0.2, -0.15) is 0 Å². The Kier molecular flexibility index (Phi) is 6.27. The normalized spacial score (nSPS) is 51.7. The second-order valence-corrected chi connectivity index (χ2v) is 5.53. The van der Waals surface area contributed by atoms with Crippen LogP contribution in [0.1, 0.15) is 0 Å². The largest absolute Gasteiger partial charge is 0.394 e. The molecule has 8 N–H and O–H groups in total. The lowest BCUT2D eigenvalue weighted by atomic mass is 9.97. The molecule has 2 heterocycles. The Morgan fingerprint density at radius 1 is 0.652 bits per heavy atom. The van der Waals surface area contributed by atoms with E-state index in [4.69, 9.17) is 24.4 Å². The summed E-state index contributed by atoms with van der Waals surface area (Å²) in [7, 11) is 0. The van der Waals surface area contributed by atoms with Crippen molar-refractivity contribution >= 4 is 0 Å². The summed E-state index contributed by atoms with van der Waals surface area (Å²) < 4.78 is 15.1. The third-order valence-electron chi connectivity index (χ3n) is 3.98. The lowest BCUT2D eigenvalue weighted by Gasteiger charge is -2.44. The van der Waals surface area contributed by atoms with Crippen LogP contribution in [0.2, 0.25) is 0 Å². The Hall–Kier alpha value is -0.440. The van der Waals surface area contributed by atoms with Crippen LogP contribution < -0.4 is 0 Å². The fourth-order valence-corrected chi connectivity index (χ4v) is 2.55. The molecule has 11 heteroatoms. The molecule has 0 unspecified atom stereocenters. The number of hydrogen-bond donors (Lipinski definition) is 8. The molecule has 0 aromatic carbocycles. The van der Waals surface area contributed by atoms with E-state index >= 15 is 0 Å². The molecular formula is C12H22O11. The van der Waals surface area contributed by atoms with Gasteiger partial charge in [-0.15, -0.1) is 0 Å². The van der Waals surface area contributed by atoms with Crippen LogP contribution in [0.15, 0.2) is 0 Å². The van der Waals surface area contributed by atoms with Gasteiger partial charge in [0.2, 0.25) is 0 Å². The second kappa shape index (κ2) is 7.63. The third-order valence-corrected chi connectivity index (χ3v) is 3.98. The number of ether oxygens (including phenoxy) is 3. The van der Waals surface area contributed by atoms with E-state index in [1.165, 1.54) is 0 Å². The predicted octanol–water partition coefficient (Wildman–Crippen LogP) is -5.40. The van der Waals surface area contributed by atoms with E-state index < -0.39 is 74.6 Å². The highest BCUT2D eigenvalue weighted by atomic mass is 16.7. The van der Waals surface area contributed by atoms with Gasteiger partial charge in [0, 0.05) is 0 Å². The van der Waals surface area contributed by atoms with Gasteiger partial charge in [-0.25, -0.2) is 0 Å². The zero-order valence-corrected chi connectivity index (χ0v) is 12.0. The van der Waals surface area contributed by atoms with Crippen LogP contribution in [0.3, 0.4) is 0 Å². The zero-order chi connectivity index (χ0) is 17.3. The van der Waals surface area contributed by atoms with Gasteiger partial charge in [0.05, 0.1) is 13.2 Å². The van der Waals surface area contributed by atoms with Crippen molar-refractivity contribution in [3.05, 3.63) is 0 Å². The van der Waals surface area contributed by atoms with Crippen molar-refractivity contribution in [1.29, 1.82) is 0 Å². The van der Waals surface area contributed by atoms with Gasteiger partial charge in [0.1, 0.15) is 48.8 Å². The van der Waals surface area contributed by atoms with Crippen LogP contribution in [0.25, 0.3) is 0 Å². The van der Waals surface area contributed by atoms with E-state index in [9.17, 15) is 30.6 Å². The van der Waals surface area contributed by atoms with Crippen molar-refractivity contribution < 1.29 is 55.1 Å². The van der Waals surface area contributed by atoms with Crippen LogP contribution in [0, 0.1) is 0 Å². The van der Waals surface area contributed by atoms with Crippen molar-refractivity contribution in [3.8, 4) is 0 Å². The average Bonchev–Trinajstić information content (AvgIpc) is 2.54. The highest BCUT2D eigenvalue weighted by Crippen LogP contribution is 2.28. The summed E-state index contributed by atoms with van der Waals surface area (Å²) in [6.07, 6.45) is -15.6. The summed E-state index contributed by atoms with van der Waals surface area (Å²) in [5, 5.41) is 76.7. The Morgan fingerprint density at radius 3 is 1.74 bits per heavy atom. The minimum absolute atomic E-state index is 0.651. The molecule has 10 atom stereocenters. The molecule has 2 aliphatic heterocycles. The molecule has 136 valence electrons. The molecule has 2 saturated heterocycles.